The van der Waals surface area contributed by atoms with Crippen molar-refractivity contribution in [3.05, 3.63) is 59.7 Å². The SMILES string of the molecule is CCN(c1ccccc1)S(=O)(=O)c1cc(C(=O)O[C@@H]2CCOC2=O)ccc1C. The quantitative estimate of drug-likeness (QED) is 0.689. The summed E-state index contributed by atoms with van der Waals surface area (Å²) in [4.78, 5) is 23.9. The topological polar surface area (TPSA) is 90.0 Å². The average Bonchev–Trinajstić information content (AvgIpc) is 3.07. The molecule has 8 heteroatoms. The van der Waals surface area contributed by atoms with Crippen LogP contribution in [0.4, 0.5) is 5.69 Å². The molecule has 0 bridgehead atoms. The van der Waals surface area contributed by atoms with Gasteiger partial charge >= 0.3 is 11.9 Å². The number of benzene rings is 2. The van der Waals surface area contributed by atoms with Crippen LogP contribution in [-0.4, -0.2) is 39.6 Å². The van der Waals surface area contributed by atoms with Gasteiger partial charge in [-0.15, -0.1) is 0 Å². The van der Waals surface area contributed by atoms with Crippen molar-refractivity contribution < 1.29 is 27.5 Å². The smallest absolute Gasteiger partial charge is 0.347 e. The van der Waals surface area contributed by atoms with Crippen LogP contribution < -0.4 is 4.31 Å². The van der Waals surface area contributed by atoms with E-state index in [9.17, 15) is 18.0 Å². The van der Waals surface area contributed by atoms with Gasteiger partial charge in [0.25, 0.3) is 10.0 Å². The van der Waals surface area contributed by atoms with Crippen LogP contribution in [0.1, 0.15) is 29.3 Å². The average molecular weight is 403 g/mol. The van der Waals surface area contributed by atoms with Gasteiger partial charge in [-0.3, -0.25) is 4.31 Å². The minimum absolute atomic E-state index is 0.0154. The van der Waals surface area contributed by atoms with Crippen LogP contribution in [0.2, 0.25) is 0 Å². The van der Waals surface area contributed by atoms with Gasteiger partial charge in [0, 0.05) is 13.0 Å². The molecule has 0 aromatic heterocycles. The molecule has 1 fully saturated rings. The first-order valence-electron chi connectivity index (χ1n) is 8.90. The number of sulfonamides is 1. The maximum Gasteiger partial charge on any atom is 0.347 e. The fourth-order valence-electron chi connectivity index (χ4n) is 2.99. The second kappa shape index (κ2) is 8.02. The third-order valence-corrected chi connectivity index (χ3v) is 6.50. The minimum atomic E-state index is -3.89. The minimum Gasteiger partial charge on any atom is -0.463 e. The first kappa shape index (κ1) is 19.9. The highest BCUT2D eigenvalue weighted by Crippen LogP contribution is 2.27. The summed E-state index contributed by atoms with van der Waals surface area (Å²) in [5.41, 5.74) is 1.10. The molecule has 1 saturated heterocycles. The third-order valence-electron chi connectivity index (χ3n) is 4.46. The van der Waals surface area contributed by atoms with Gasteiger partial charge in [0.2, 0.25) is 6.10 Å². The van der Waals surface area contributed by atoms with E-state index in [4.69, 9.17) is 9.47 Å². The maximum absolute atomic E-state index is 13.3. The van der Waals surface area contributed by atoms with Crippen molar-refractivity contribution in [2.45, 2.75) is 31.3 Å². The Hall–Kier alpha value is -2.87. The molecule has 1 aliphatic heterocycles. The maximum atomic E-state index is 13.3. The lowest BCUT2D eigenvalue weighted by atomic mass is 10.1. The summed E-state index contributed by atoms with van der Waals surface area (Å²) in [5, 5.41) is 0. The van der Waals surface area contributed by atoms with E-state index in [0.29, 0.717) is 17.7 Å². The third kappa shape index (κ3) is 3.87. The monoisotopic (exact) mass is 403 g/mol. The van der Waals surface area contributed by atoms with Crippen LogP contribution >= 0.6 is 0 Å². The Balaban J connectivity index is 1.94. The zero-order chi connectivity index (χ0) is 20.3. The van der Waals surface area contributed by atoms with Gasteiger partial charge in [0.1, 0.15) is 0 Å². The highest BCUT2D eigenvalue weighted by molar-refractivity contribution is 7.92. The lowest BCUT2D eigenvalue weighted by Gasteiger charge is -2.24. The number of anilines is 1. The number of cyclic esters (lactones) is 1. The summed E-state index contributed by atoms with van der Waals surface area (Å²) >= 11 is 0. The number of ether oxygens (including phenoxy) is 2. The van der Waals surface area contributed by atoms with E-state index >= 15 is 0 Å². The van der Waals surface area contributed by atoms with Crippen LogP contribution in [0.25, 0.3) is 0 Å². The van der Waals surface area contributed by atoms with Crippen LogP contribution in [-0.2, 0) is 24.3 Å². The van der Waals surface area contributed by atoms with Crippen molar-refractivity contribution in [2.75, 3.05) is 17.5 Å². The molecule has 7 nitrogen and oxygen atoms in total. The Bertz CT molecular complexity index is 987. The van der Waals surface area contributed by atoms with Crippen LogP contribution in [0.15, 0.2) is 53.4 Å². The molecule has 0 spiro atoms. The van der Waals surface area contributed by atoms with Gasteiger partial charge in [-0.05, 0) is 43.7 Å². The summed E-state index contributed by atoms with van der Waals surface area (Å²) in [6, 6.07) is 13.1. The predicted molar refractivity (Wildman–Crippen MR) is 103 cm³/mol. The van der Waals surface area contributed by atoms with E-state index in [2.05, 4.69) is 0 Å². The molecular weight excluding hydrogens is 382 g/mol. The molecule has 1 atom stereocenters. The molecule has 0 aliphatic carbocycles. The number of carbonyl (C=O) groups excluding carboxylic acids is 2. The molecule has 0 radical (unpaired) electrons. The summed E-state index contributed by atoms with van der Waals surface area (Å²) in [7, 11) is -3.89. The second-order valence-electron chi connectivity index (χ2n) is 6.34. The predicted octanol–water partition coefficient (Wildman–Crippen LogP) is 2.68. The van der Waals surface area contributed by atoms with Gasteiger partial charge in [0.05, 0.1) is 22.8 Å². The largest absolute Gasteiger partial charge is 0.463 e. The Morgan fingerprint density at radius 3 is 2.54 bits per heavy atom. The number of nitrogens with zero attached hydrogens (tertiary/aromatic N) is 1. The molecule has 0 unspecified atom stereocenters. The zero-order valence-corrected chi connectivity index (χ0v) is 16.4. The summed E-state index contributed by atoms with van der Waals surface area (Å²) < 4.78 is 37.7. The van der Waals surface area contributed by atoms with Gasteiger partial charge in [-0.1, -0.05) is 24.3 Å². The number of esters is 2. The van der Waals surface area contributed by atoms with Crippen molar-refractivity contribution in [1.29, 1.82) is 0 Å². The van der Waals surface area contributed by atoms with Gasteiger partial charge in [-0.25, -0.2) is 18.0 Å². The number of aryl methyl sites for hydroxylation is 1. The molecule has 0 saturated carbocycles. The fourth-order valence-corrected chi connectivity index (χ4v) is 4.72. The first-order chi connectivity index (χ1) is 13.3. The van der Waals surface area contributed by atoms with E-state index in [1.54, 1.807) is 50.2 Å². The van der Waals surface area contributed by atoms with E-state index in [1.165, 1.54) is 16.4 Å². The molecular formula is C20H21NO6S. The summed E-state index contributed by atoms with van der Waals surface area (Å²) in [6.07, 6.45) is -0.663. The highest BCUT2D eigenvalue weighted by Gasteiger charge is 2.31. The Morgan fingerprint density at radius 2 is 1.93 bits per heavy atom. The van der Waals surface area contributed by atoms with Crippen LogP contribution in [0, 0.1) is 6.92 Å². The van der Waals surface area contributed by atoms with Gasteiger partial charge < -0.3 is 9.47 Å². The van der Waals surface area contributed by atoms with E-state index < -0.39 is 28.1 Å². The molecule has 0 amide bonds. The molecule has 3 rings (SSSR count). The zero-order valence-electron chi connectivity index (χ0n) is 15.6. The number of hydrogen-bond acceptors (Lipinski definition) is 6. The first-order valence-corrected chi connectivity index (χ1v) is 10.3. The molecule has 2 aromatic carbocycles. The summed E-state index contributed by atoms with van der Waals surface area (Å²) in [6.45, 7) is 3.83. The van der Waals surface area contributed by atoms with E-state index in [1.807, 2.05) is 0 Å². The van der Waals surface area contributed by atoms with E-state index in [-0.39, 0.29) is 23.6 Å². The van der Waals surface area contributed by atoms with Crippen molar-refractivity contribution >= 4 is 27.6 Å². The lowest BCUT2D eigenvalue weighted by molar-refractivity contribution is -0.145. The molecule has 0 N–H and O–H groups in total. The highest BCUT2D eigenvalue weighted by atomic mass is 32.2. The number of hydrogen-bond donors (Lipinski definition) is 0. The molecule has 148 valence electrons. The molecule has 1 aliphatic rings. The number of para-hydroxylation sites is 1. The fraction of sp³-hybridized carbons (Fsp3) is 0.300. The lowest BCUT2D eigenvalue weighted by Crippen LogP contribution is -2.31. The molecule has 2 aromatic rings. The second-order valence-corrected chi connectivity index (χ2v) is 8.17. The van der Waals surface area contributed by atoms with Crippen LogP contribution in [0.3, 0.4) is 0 Å². The Kier molecular flexibility index (Phi) is 5.69. The van der Waals surface area contributed by atoms with Crippen LogP contribution in [0.5, 0.6) is 0 Å². The van der Waals surface area contributed by atoms with E-state index in [0.717, 1.165) is 0 Å². The van der Waals surface area contributed by atoms with Crippen molar-refractivity contribution in [2.24, 2.45) is 0 Å². The number of rotatable bonds is 6. The van der Waals surface area contributed by atoms with Crippen molar-refractivity contribution in [1.82, 2.24) is 0 Å². The standard InChI is InChI=1S/C20H21NO6S/c1-3-21(16-7-5-4-6-8-16)28(24,25)18-13-15(10-9-14(18)2)19(22)27-17-11-12-26-20(17)23/h4-10,13,17H,3,11-12H2,1-2H3/t17-/m1/s1. The van der Waals surface area contributed by atoms with Gasteiger partial charge in [0.15, 0.2) is 0 Å². The number of carbonyl (C=O) groups is 2. The normalized spacial score (nSPS) is 16.5. The molecule has 28 heavy (non-hydrogen) atoms. The Labute approximate surface area is 163 Å². The van der Waals surface area contributed by atoms with Gasteiger partial charge in [-0.2, -0.15) is 0 Å². The Morgan fingerprint density at radius 1 is 1.21 bits per heavy atom. The summed E-state index contributed by atoms with van der Waals surface area (Å²) in [5.74, 6) is -1.35. The van der Waals surface area contributed by atoms with Crippen molar-refractivity contribution in [3.8, 4) is 0 Å². The molecule has 1 heterocycles. The van der Waals surface area contributed by atoms with Crippen molar-refractivity contribution in [3.63, 3.8) is 0 Å².